The molecule has 45 heavy (non-hydrogen) atoms. The molecule has 10 nitrogen and oxygen atoms in total. The molecule has 0 aliphatic carbocycles. The Hall–Kier alpha value is -0.130. The molecule has 0 aromatic heterocycles. The van der Waals surface area contributed by atoms with Gasteiger partial charge in [0.15, 0.2) is 6.29 Å². The summed E-state index contributed by atoms with van der Waals surface area (Å²) in [5.74, 6) is 0. The second kappa shape index (κ2) is 25.8. The fraction of sp³-hybridized carbons (Fsp3) is 1.00. The van der Waals surface area contributed by atoms with Crippen molar-refractivity contribution in [2.24, 2.45) is 0 Å². The van der Waals surface area contributed by atoms with Gasteiger partial charge in [0.2, 0.25) is 0 Å². The molecule has 1 fully saturated rings. The van der Waals surface area contributed by atoms with Crippen LogP contribution < -0.4 is 0 Å². The quantitative estimate of drug-likeness (QED) is 0.0403. The van der Waals surface area contributed by atoms with Gasteiger partial charge in [0.05, 0.1) is 59.3 Å². The molecule has 1 heterocycles. The molecule has 1 rings (SSSR count). The van der Waals surface area contributed by atoms with Gasteiger partial charge >= 0.3 is 7.60 Å². The van der Waals surface area contributed by atoms with Crippen LogP contribution in [0.1, 0.15) is 130 Å². The number of aliphatic hydroxyl groups excluding tert-OH is 4. The number of quaternary nitrogens is 1. The van der Waals surface area contributed by atoms with Crippen LogP contribution in [0.3, 0.4) is 0 Å². The van der Waals surface area contributed by atoms with Gasteiger partial charge in [0, 0.05) is 6.42 Å². The Labute approximate surface area is 275 Å². The first kappa shape index (κ1) is 42.9. The van der Waals surface area contributed by atoms with Gasteiger partial charge in [-0.15, -0.1) is 0 Å². The second-order valence-electron chi connectivity index (χ2n) is 13.2. The van der Waals surface area contributed by atoms with Gasteiger partial charge in [0.25, 0.3) is 0 Å². The maximum Gasteiger partial charge on any atom is 0.330 e. The van der Waals surface area contributed by atoms with Crippen LogP contribution in [0, 0.1) is 0 Å². The number of hydrogen-bond acceptors (Lipinski definition) is 9. The lowest BCUT2D eigenvalue weighted by Gasteiger charge is -2.39. The van der Waals surface area contributed by atoms with E-state index >= 15 is 0 Å². The van der Waals surface area contributed by atoms with Gasteiger partial charge in [0.1, 0.15) is 24.4 Å². The number of hydrogen-bond donors (Lipinski definition) is 4. The van der Waals surface area contributed by atoms with Crippen molar-refractivity contribution in [1.82, 2.24) is 0 Å². The van der Waals surface area contributed by atoms with Crippen LogP contribution in [0.25, 0.3) is 0 Å². The van der Waals surface area contributed by atoms with Gasteiger partial charge in [-0.05, 0) is 39.5 Å². The molecule has 4 N–H and O–H groups in total. The van der Waals surface area contributed by atoms with Crippen LogP contribution in [-0.4, -0.2) is 115 Å². The third-order valence-electron chi connectivity index (χ3n) is 9.06. The molecule has 0 saturated carbocycles. The lowest BCUT2D eigenvalue weighted by atomic mass is 9.99. The van der Waals surface area contributed by atoms with Crippen molar-refractivity contribution in [3.8, 4) is 0 Å². The molecule has 11 heteroatoms. The van der Waals surface area contributed by atoms with Crippen molar-refractivity contribution in [3.63, 3.8) is 0 Å². The molecule has 1 saturated heterocycles. The molecule has 0 bridgehead atoms. The highest BCUT2D eigenvalue weighted by Gasteiger charge is 2.44. The summed E-state index contributed by atoms with van der Waals surface area (Å²) in [5, 5.41) is 39.6. The van der Waals surface area contributed by atoms with Crippen molar-refractivity contribution in [1.29, 1.82) is 0 Å². The first-order chi connectivity index (χ1) is 21.6. The number of ether oxygens (including phenoxy) is 2. The second-order valence-corrected chi connectivity index (χ2v) is 15.4. The maximum atomic E-state index is 13.0. The number of nitrogens with zero attached hydrogens (tertiary/aromatic N) is 1. The van der Waals surface area contributed by atoms with Crippen molar-refractivity contribution < 1.29 is 48.0 Å². The third-order valence-corrected chi connectivity index (χ3v) is 11.2. The molecule has 270 valence electrons. The van der Waals surface area contributed by atoms with Crippen LogP contribution >= 0.6 is 7.60 Å². The normalized spacial score (nSPS) is 23.8. The molecule has 1 aliphatic rings. The minimum atomic E-state index is -3.07. The molecule has 0 aromatic rings. The Morgan fingerprint density at radius 1 is 0.644 bits per heavy atom. The SMILES string of the molecule is CCCCCCCCCCCCCCCC[N+](C)(CCCCOC1O[C@H](CO)[C@@H](O)[C@H](O)[C@H]1O)CCCP(=O)(OCC)OCC. The molecular weight excluding hydrogens is 597 g/mol. The first-order valence-electron chi connectivity index (χ1n) is 18.3. The number of rotatable bonds is 30. The molecule has 0 amide bonds. The topological polar surface area (TPSA) is 135 Å². The first-order valence-corrected chi connectivity index (χ1v) is 20.0. The van der Waals surface area contributed by atoms with Gasteiger partial charge in [-0.3, -0.25) is 4.57 Å². The summed E-state index contributed by atoms with van der Waals surface area (Å²) in [5.41, 5.74) is 0. The summed E-state index contributed by atoms with van der Waals surface area (Å²) >= 11 is 0. The summed E-state index contributed by atoms with van der Waals surface area (Å²) in [6, 6.07) is 0. The van der Waals surface area contributed by atoms with E-state index in [1.165, 1.54) is 83.5 Å². The maximum absolute atomic E-state index is 13.0. The lowest BCUT2D eigenvalue weighted by molar-refractivity contribution is -0.910. The zero-order valence-corrected chi connectivity index (χ0v) is 30.2. The van der Waals surface area contributed by atoms with Crippen molar-refractivity contribution in [2.45, 2.75) is 161 Å². The molecule has 0 radical (unpaired) electrons. The third kappa shape index (κ3) is 18.9. The van der Waals surface area contributed by atoms with Crippen LogP contribution in [0.2, 0.25) is 0 Å². The summed E-state index contributed by atoms with van der Waals surface area (Å²) in [4.78, 5) is 0. The predicted molar refractivity (Wildman–Crippen MR) is 180 cm³/mol. The Bertz CT molecular complexity index is 736. The summed E-state index contributed by atoms with van der Waals surface area (Å²) in [6.45, 7) is 9.42. The Kier molecular flexibility index (Phi) is 24.6. The van der Waals surface area contributed by atoms with E-state index in [2.05, 4.69) is 14.0 Å². The number of aliphatic hydroxyl groups is 4. The van der Waals surface area contributed by atoms with E-state index in [1.807, 2.05) is 13.8 Å². The minimum Gasteiger partial charge on any atom is -0.394 e. The Morgan fingerprint density at radius 2 is 1.11 bits per heavy atom. The molecule has 0 aromatic carbocycles. The van der Waals surface area contributed by atoms with E-state index in [0.717, 1.165) is 49.8 Å². The fourth-order valence-corrected chi connectivity index (χ4v) is 7.88. The van der Waals surface area contributed by atoms with Gasteiger partial charge in [-0.2, -0.15) is 0 Å². The fourth-order valence-electron chi connectivity index (χ4n) is 6.23. The standard InChI is InChI=1S/C34H71NO9P/c1-5-8-9-10-11-12-13-14-15-16-17-18-19-20-24-35(4,26-23-28-45(40,42-6-2)43-7-3)25-21-22-27-41-34-33(39)32(38)31(37)30(29-36)44-34/h30-34,36-39H,5-29H2,1-4H3/q+1/t30-,31-,32+,33-,34?,35?/m1/s1. The van der Waals surface area contributed by atoms with E-state index in [4.69, 9.17) is 18.5 Å². The molecule has 2 unspecified atom stereocenters. The predicted octanol–water partition coefficient (Wildman–Crippen LogP) is 6.17. The van der Waals surface area contributed by atoms with E-state index in [1.54, 1.807) is 0 Å². The molecule has 0 spiro atoms. The van der Waals surface area contributed by atoms with E-state index in [9.17, 15) is 25.0 Å². The molecular formula is C34H71NO9P+. The zero-order valence-electron chi connectivity index (χ0n) is 29.3. The lowest BCUT2D eigenvalue weighted by Crippen LogP contribution is -2.59. The summed E-state index contributed by atoms with van der Waals surface area (Å²) in [7, 11) is -0.795. The average molecular weight is 669 g/mol. The van der Waals surface area contributed by atoms with Gasteiger partial charge in [-0.25, -0.2) is 0 Å². The average Bonchev–Trinajstić information content (AvgIpc) is 3.01. The van der Waals surface area contributed by atoms with E-state index in [-0.39, 0.29) is 0 Å². The van der Waals surface area contributed by atoms with E-state index < -0.39 is 44.9 Å². The van der Waals surface area contributed by atoms with Crippen molar-refractivity contribution >= 4 is 7.60 Å². The van der Waals surface area contributed by atoms with Crippen LogP contribution in [0.5, 0.6) is 0 Å². The smallest absolute Gasteiger partial charge is 0.330 e. The summed E-state index contributed by atoms with van der Waals surface area (Å²) < 4.78 is 36.0. The molecule has 1 aliphatic heterocycles. The highest BCUT2D eigenvalue weighted by Crippen LogP contribution is 2.48. The molecule has 6 atom stereocenters. The highest BCUT2D eigenvalue weighted by atomic mass is 31.2. The largest absolute Gasteiger partial charge is 0.394 e. The van der Waals surface area contributed by atoms with Crippen LogP contribution in [0.15, 0.2) is 0 Å². The van der Waals surface area contributed by atoms with Crippen molar-refractivity contribution in [3.05, 3.63) is 0 Å². The van der Waals surface area contributed by atoms with Crippen molar-refractivity contribution in [2.75, 3.05) is 59.3 Å². The zero-order chi connectivity index (χ0) is 33.4. The van der Waals surface area contributed by atoms with Crippen LogP contribution in [-0.2, 0) is 23.1 Å². The monoisotopic (exact) mass is 668 g/mol. The Morgan fingerprint density at radius 3 is 1.60 bits per heavy atom. The van der Waals surface area contributed by atoms with Gasteiger partial charge < -0.3 is 43.4 Å². The number of unbranched alkanes of at least 4 members (excludes halogenated alkanes) is 14. The van der Waals surface area contributed by atoms with E-state index in [0.29, 0.717) is 26.0 Å². The highest BCUT2D eigenvalue weighted by molar-refractivity contribution is 7.53. The summed E-state index contributed by atoms with van der Waals surface area (Å²) in [6.07, 6.45) is 15.2. The van der Waals surface area contributed by atoms with Gasteiger partial charge in [-0.1, -0.05) is 84.0 Å². The minimum absolute atomic E-state index is 0.325. The van der Waals surface area contributed by atoms with Crippen LogP contribution in [0.4, 0.5) is 0 Å². The Balaban J connectivity index is 2.43.